The molecule has 0 aromatic heterocycles. The number of aliphatic hydroxyl groups is 2. The van der Waals surface area contributed by atoms with Gasteiger partial charge in [0.2, 0.25) is 0 Å². The van der Waals surface area contributed by atoms with Gasteiger partial charge in [-0.15, -0.1) is 0 Å². The van der Waals surface area contributed by atoms with E-state index < -0.39 is 23.8 Å². The Morgan fingerprint density at radius 1 is 1.25 bits per heavy atom. The standard InChI is InChI=1S/C23H34F2N2O5/c1-32-23(30)7-5-3-2-4-6-18-17(21(27-31)13-22(18)29)10-9-16(28)14-26-20-11-8-15(24)12-19(20)25/h8,11-12,16-18,22,26,28-29,31H,2-7,9-10,13-14H2,1H3/b27-21-/t16-,17-,18-,22+/m1/s1. The molecule has 0 spiro atoms. The molecule has 0 heterocycles. The molecule has 7 nitrogen and oxygen atoms in total. The molecule has 4 atom stereocenters. The van der Waals surface area contributed by atoms with E-state index >= 15 is 0 Å². The van der Waals surface area contributed by atoms with Crippen LogP contribution in [-0.4, -0.2) is 53.0 Å². The number of hydrogen-bond donors (Lipinski definition) is 4. The summed E-state index contributed by atoms with van der Waals surface area (Å²) in [5.41, 5.74) is 0.655. The first-order chi connectivity index (χ1) is 15.3. The molecule has 4 N–H and O–H groups in total. The summed E-state index contributed by atoms with van der Waals surface area (Å²) >= 11 is 0. The van der Waals surface area contributed by atoms with Crippen LogP contribution in [0.25, 0.3) is 0 Å². The number of aliphatic hydroxyl groups excluding tert-OH is 2. The molecular weight excluding hydrogens is 422 g/mol. The van der Waals surface area contributed by atoms with Gasteiger partial charge in [-0.2, -0.15) is 0 Å². The van der Waals surface area contributed by atoms with Crippen molar-refractivity contribution in [3.63, 3.8) is 0 Å². The van der Waals surface area contributed by atoms with Crippen molar-refractivity contribution in [1.29, 1.82) is 0 Å². The van der Waals surface area contributed by atoms with E-state index in [-0.39, 0.29) is 30.0 Å². The molecule has 0 bridgehead atoms. The Kier molecular flexibility index (Phi) is 10.8. The number of esters is 1. The van der Waals surface area contributed by atoms with E-state index in [0.717, 1.165) is 44.2 Å². The second-order valence-corrected chi connectivity index (χ2v) is 8.40. The number of unbranched alkanes of at least 4 members (excludes halogenated alkanes) is 3. The highest BCUT2D eigenvalue weighted by molar-refractivity contribution is 5.89. The van der Waals surface area contributed by atoms with Crippen LogP contribution in [0.2, 0.25) is 0 Å². The Hall–Kier alpha value is -2.26. The molecule has 9 heteroatoms. The monoisotopic (exact) mass is 456 g/mol. The highest BCUT2D eigenvalue weighted by Gasteiger charge is 2.39. The maximum atomic E-state index is 13.7. The molecule has 0 aliphatic heterocycles. The molecule has 1 fully saturated rings. The lowest BCUT2D eigenvalue weighted by Crippen LogP contribution is -2.25. The third kappa shape index (κ3) is 8.02. The van der Waals surface area contributed by atoms with Gasteiger partial charge in [-0.05, 0) is 43.7 Å². The molecule has 180 valence electrons. The van der Waals surface area contributed by atoms with Crippen molar-refractivity contribution in [2.75, 3.05) is 19.0 Å². The summed E-state index contributed by atoms with van der Waals surface area (Å²) in [6.45, 7) is 0.0916. The Bertz CT molecular complexity index is 762. The van der Waals surface area contributed by atoms with Crippen molar-refractivity contribution in [1.82, 2.24) is 0 Å². The minimum absolute atomic E-state index is 0.0591. The van der Waals surface area contributed by atoms with Crippen molar-refractivity contribution in [2.24, 2.45) is 17.0 Å². The minimum Gasteiger partial charge on any atom is -0.469 e. The van der Waals surface area contributed by atoms with Gasteiger partial charge in [-0.1, -0.05) is 24.4 Å². The Balaban J connectivity index is 1.78. The number of ether oxygens (including phenoxy) is 1. The van der Waals surface area contributed by atoms with Gasteiger partial charge in [0, 0.05) is 31.4 Å². The highest BCUT2D eigenvalue weighted by Crippen LogP contribution is 2.37. The second-order valence-electron chi connectivity index (χ2n) is 8.40. The predicted octanol–water partition coefficient (Wildman–Crippen LogP) is 3.86. The quantitative estimate of drug-likeness (QED) is 0.155. The van der Waals surface area contributed by atoms with Crippen molar-refractivity contribution in [3.8, 4) is 0 Å². The van der Waals surface area contributed by atoms with E-state index in [1.165, 1.54) is 13.2 Å². The molecule has 32 heavy (non-hydrogen) atoms. The number of carbonyl (C=O) groups excluding carboxylic acids is 1. The Labute approximate surface area is 187 Å². The number of carbonyl (C=O) groups is 1. The molecule has 1 aromatic rings. The number of benzene rings is 1. The van der Waals surface area contributed by atoms with Gasteiger partial charge in [-0.25, -0.2) is 8.78 Å². The first-order valence-electron chi connectivity index (χ1n) is 11.2. The zero-order valence-electron chi connectivity index (χ0n) is 18.5. The zero-order chi connectivity index (χ0) is 23.5. The van der Waals surface area contributed by atoms with Gasteiger partial charge < -0.3 is 25.5 Å². The average molecular weight is 457 g/mol. The van der Waals surface area contributed by atoms with Crippen molar-refractivity contribution in [2.45, 2.75) is 70.0 Å². The lowest BCUT2D eigenvalue weighted by molar-refractivity contribution is -0.140. The summed E-state index contributed by atoms with van der Waals surface area (Å²) in [5.74, 6) is -1.80. The van der Waals surface area contributed by atoms with E-state index in [0.29, 0.717) is 31.4 Å². The van der Waals surface area contributed by atoms with E-state index in [2.05, 4.69) is 15.2 Å². The molecule has 0 saturated heterocycles. The molecule has 0 radical (unpaired) electrons. The molecule has 1 aliphatic rings. The van der Waals surface area contributed by atoms with Gasteiger partial charge in [0.1, 0.15) is 11.6 Å². The highest BCUT2D eigenvalue weighted by atomic mass is 19.1. The minimum atomic E-state index is -0.781. The number of anilines is 1. The van der Waals surface area contributed by atoms with E-state index in [1.807, 2.05) is 0 Å². The van der Waals surface area contributed by atoms with Crippen LogP contribution in [0.1, 0.15) is 57.8 Å². The molecule has 0 amide bonds. The number of nitrogens with one attached hydrogen (secondary N) is 1. The molecule has 1 aromatic carbocycles. The fraction of sp³-hybridized carbons (Fsp3) is 0.652. The maximum Gasteiger partial charge on any atom is 0.305 e. The van der Waals surface area contributed by atoms with Crippen molar-refractivity contribution < 1.29 is 33.7 Å². The van der Waals surface area contributed by atoms with E-state index in [4.69, 9.17) is 0 Å². The van der Waals surface area contributed by atoms with Gasteiger partial charge in [0.25, 0.3) is 0 Å². The first-order valence-corrected chi connectivity index (χ1v) is 11.2. The summed E-state index contributed by atoms with van der Waals surface area (Å²) < 4.78 is 31.3. The topological polar surface area (TPSA) is 111 Å². The normalized spacial score (nSPS) is 22.8. The summed E-state index contributed by atoms with van der Waals surface area (Å²) in [4.78, 5) is 11.1. The van der Waals surface area contributed by atoms with Crippen LogP contribution in [-0.2, 0) is 9.53 Å². The third-order valence-electron chi connectivity index (χ3n) is 6.15. The van der Waals surface area contributed by atoms with E-state index in [1.54, 1.807) is 0 Å². The Morgan fingerprint density at radius 2 is 2.00 bits per heavy atom. The van der Waals surface area contributed by atoms with Crippen molar-refractivity contribution in [3.05, 3.63) is 29.8 Å². The Morgan fingerprint density at radius 3 is 2.69 bits per heavy atom. The smallest absolute Gasteiger partial charge is 0.305 e. The van der Waals surface area contributed by atoms with E-state index in [9.17, 15) is 29.0 Å². The van der Waals surface area contributed by atoms with Crippen LogP contribution in [0.5, 0.6) is 0 Å². The van der Waals surface area contributed by atoms with Crippen molar-refractivity contribution >= 4 is 17.4 Å². The van der Waals surface area contributed by atoms with Crippen LogP contribution in [0.3, 0.4) is 0 Å². The van der Waals surface area contributed by atoms with Gasteiger partial charge in [-0.3, -0.25) is 4.79 Å². The zero-order valence-corrected chi connectivity index (χ0v) is 18.5. The van der Waals surface area contributed by atoms with Gasteiger partial charge in [0.05, 0.1) is 30.7 Å². The van der Waals surface area contributed by atoms with Gasteiger partial charge >= 0.3 is 5.97 Å². The number of nitrogens with zero attached hydrogens (tertiary/aromatic N) is 1. The largest absolute Gasteiger partial charge is 0.469 e. The molecule has 2 rings (SSSR count). The van der Waals surface area contributed by atoms with Crippen LogP contribution < -0.4 is 5.32 Å². The van der Waals surface area contributed by atoms with Crippen LogP contribution in [0, 0.1) is 23.5 Å². The molecule has 0 unspecified atom stereocenters. The number of rotatable bonds is 13. The first kappa shape index (κ1) is 26.0. The molecule has 1 aliphatic carbocycles. The lowest BCUT2D eigenvalue weighted by atomic mass is 9.85. The third-order valence-corrected chi connectivity index (χ3v) is 6.15. The van der Waals surface area contributed by atoms with Crippen LogP contribution in [0.15, 0.2) is 23.4 Å². The summed E-state index contributed by atoms with van der Waals surface area (Å²) in [6, 6.07) is 3.20. The van der Waals surface area contributed by atoms with Crippen LogP contribution in [0.4, 0.5) is 14.5 Å². The van der Waals surface area contributed by atoms with Gasteiger partial charge in [0.15, 0.2) is 0 Å². The molecular formula is C23H34F2N2O5. The molecule has 1 saturated carbocycles. The lowest BCUT2D eigenvalue weighted by Gasteiger charge is -2.23. The predicted molar refractivity (Wildman–Crippen MR) is 117 cm³/mol. The second kappa shape index (κ2) is 13.3. The fourth-order valence-electron chi connectivity index (χ4n) is 4.36. The van der Waals surface area contributed by atoms with Crippen LogP contribution >= 0.6 is 0 Å². The number of oxime groups is 1. The number of hydrogen-bond acceptors (Lipinski definition) is 7. The summed E-state index contributed by atoms with van der Waals surface area (Å²) in [7, 11) is 1.37. The average Bonchev–Trinajstić information content (AvgIpc) is 3.08. The number of halogens is 2. The SMILES string of the molecule is COC(=O)CCCCCC[C@H]1[C@@H](O)C/C(=N/O)[C@@H]1CC[C@@H](O)CNc1ccc(F)cc1F. The maximum absolute atomic E-state index is 13.7. The fourth-order valence-corrected chi connectivity index (χ4v) is 4.36. The number of methoxy groups -OCH3 is 1. The summed E-state index contributed by atoms with van der Waals surface area (Å²) in [6.07, 6.45) is 4.47. The summed E-state index contributed by atoms with van der Waals surface area (Å²) in [5, 5.41) is 36.2.